The van der Waals surface area contributed by atoms with Crippen LogP contribution in [0.5, 0.6) is 5.75 Å². The summed E-state index contributed by atoms with van der Waals surface area (Å²) in [5, 5.41) is 10.7. The van der Waals surface area contributed by atoms with E-state index >= 15 is 0 Å². The van der Waals surface area contributed by atoms with Crippen molar-refractivity contribution in [3.05, 3.63) is 82.1 Å². The molecule has 0 saturated heterocycles. The number of hydrogen-bond donors (Lipinski definition) is 0. The topological polar surface area (TPSA) is 52.4 Å². The second kappa shape index (κ2) is 7.24. The molecule has 0 aromatic heterocycles. The average Bonchev–Trinajstić information content (AvgIpc) is 2.55. The summed E-state index contributed by atoms with van der Waals surface area (Å²) in [4.78, 5) is 10.3. The van der Waals surface area contributed by atoms with Crippen molar-refractivity contribution >= 4 is 13.8 Å². The third-order valence-corrected chi connectivity index (χ3v) is 5.64. The number of benzene rings is 2. The van der Waals surface area contributed by atoms with E-state index < -0.39 is 8.07 Å². The van der Waals surface area contributed by atoms with Crippen molar-refractivity contribution in [1.82, 2.24) is 0 Å². The molecule has 0 aliphatic rings. The van der Waals surface area contributed by atoms with Crippen molar-refractivity contribution in [2.75, 3.05) is 6.23 Å². The maximum absolute atomic E-state index is 10.7. The van der Waals surface area contributed by atoms with Crippen LogP contribution >= 0.6 is 0 Å². The molecule has 0 fully saturated rings. The number of rotatable bonds is 7. The summed E-state index contributed by atoms with van der Waals surface area (Å²) in [5.41, 5.74) is 4.33. The maximum Gasteiger partial charge on any atom is 0.269 e. The first-order chi connectivity index (χ1) is 10.9. The van der Waals surface area contributed by atoms with Gasteiger partial charge in [-0.2, -0.15) is 0 Å². The molecule has 0 amide bonds. The van der Waals surface area contributed by atoms with Gasteiger partial charge in [0.1, 0.15) is 13.8 Å². The highest BCUT2D eigenvalue weighted by molar-refractivity contribution is 6.82. The fourth-order valence-corrected chi connectivity index (χ4v) is 2.66. The second-order valence-electron chi connectivity index (χ2n) is 6.23. The predicted molar refractivity (Wildman–Crippen MR) is 95.5 cm³/mol. The van der Waals surface area contributed by atoms with Crippen LogP contribution in [0.4, 0.5) is 5.69 Å². The van der Waals surface area contributed by atoms with Crippen molar-refractivity contribution in [2.24, 2.45) is 0 Å². The molecule has 0 heterocycles. The molecule has 0 N–H and O–H groups in total. The highest BCUT2D eigenvalue weighted by Gasteiger charge is 2.16. The molecule has 2 aromatic rings. The first-order valence-corrected chi connectivity index (χ1v) is 10.8. The van der Waals surface area contributed by atoms with Crippen LogP contribution in [0.3, 0.4) is 0 Å². The lowest BCUT2D eigenvalue weighted by molar-refractivity contribution is -0.384. The Hall–Kier alpha value is -2.40. The highest BCUT2D eigenvalue weighted by Crippen LogP contribution is 2.18. The molecule has 0 radical (unpaired) electrons. The second-order valence-corrected chi connectivity index (χ2v) is 10.9. The Balaban J connectivity index is 1.97. The van der Waals surface area contributed by atoms with Crippen LogP contribution in [0.1, 0.15) is 11.1 Å². The molecule has 0 unspecified atom stereocenters. The third-order valence-electron chi connectivity index (χ3n) is 3.64. The van der Waals surface area contributed by atoms with Crippen molar-refractivity contribution in [1.29, 1.82) is 0 Å². The lowest BCUT2D eigenvalue weighted by atomic mass is 10.0. The zero-order chi connectivity index (χ0) is 16.9. The lowest BCUT2D eigenvalue weighted by Crippen LogP contribution is -2.31. The molecular formula is C18H21NO3Si. The van der Waals surface area contributed by atoms with Gasteiger partial charge in [0.2, 0.25) is 0 Å². The molecule has 0 spiro atoms. The van der Waals surface area contributed by atoms with Crippen LogP contribution in [0.25, 0.3) is 0 Å². The van der Waals surface area contributed by atoms with Gasteiger partial charge in [0.15, 0.2) is 0 Å². The lowest BCUT2D eigenvalue weighted by Gasteiger charge is -2.17. The van der Waals surface area contributed by atoms with Gasteiger partial charge in [-0.1, -0.05) is 43.1 Å². The van der Waals surface area contributed by atoms with Crippen LogP contribution in [0.2, 0.25) is 13.1 Å². The van der Waals surface area contributed by atoms with E-state index in [9.17, 15) is 10.1 Å². The Kier molecular flexibility index (Phi) is 5.34. The van der Waals surface area contributed by atoms with E-state index in [0.717, 1.165) is 29.5 Å². The zero-order valence-corrected chi connectivity index (χ0v) is 14.5. The summed E-state index contributed by atoms with van der Waals surface area (Å²) in [7, 11) is -1.46. The number of nitro benzene ring substituents is 1. The minimum atomic E-state index is -1.46. The normalized spacial score (nSPS) is 11.0. The van der Waals surface area contributed by atoms with E-state index in [-0.39, 0.29) is 10.6 Å². The third kappa shape index (κ3) is 5.07. The summed E-state index contributed by atoms with van der Waals surface area (Å²) in [5.74, 6) is 0.861. The van der Waals surface area contributed by atoms with Gasteiger partial charge < -0.3 is 4.74 Å². The number of nitro groups is 1. The average molecular weight is 327 g/mol. The van der Waals surface area contributed by atoms with Crippen LogP contribution in [-0.4, -0.2) is 19.2 Å². The van der Waals surface area contributed by atoms with Gasteiger partial charge in [0.25, 0.3) is 5.69 Å². The molecule has 0 aliphatic heterocycles. The van der Waals surface area contributed by atoms with E-state index in [1.807, 2.05) is 30.0 Å². The SMILES string of the molecule is C=C[Si](C)(C)COc1ccc(Cc2ccc([N+](=O)[O-])cc2)cc1. The Morgan fingerprint density at radius 3 is 2.09 bits per heavy atom. The first kappa shape index (κ1) is 17.0. The summed E-state index contributed by atoms with van der Waals surface area (Å²) in [6.45, 7) is 8.28. The highest BCUT2D eigenvalue weighted by atomic mass is 28.3. The van der Waals surface area contributed by atoms with Gasteiger partial charge in [-0.15, -0.1) is 6.58 Å². The van der Waals surface area contributed by atoms with Crippen LogP contribution in [0.15, 0.2) is 60.8 Å². The van der Waals surface area contributed by atoms with Gasteiger partial charge in [-0.3, -0.25) is 10.1 Å². The molecular weight excluding hydrogens is 306 g/mol. The number of non-ortho nitro benzene ring substituents is 1. The molecule has 4 nitrogen and oxygen atoms in total. The van der Waals surface area contributed by atoms with E-state index in [1.165, 1.54) is 12.1 Å². The molecule has 5 heteroatoms. The smallest absolute Gasteiger partial charge is 0.269 e. The number of ether oxygens (including phenoxy) is 1. The van der Waals surface area contributed by atoms with Crippen molar-refractivity contribution in [2.45, 2.75) is 19.5 Å². The summed E-state index contributed by atoms with van der Waals surface area (Å²) in [6.07, 6.45) is 1.46. The Bertz CT molecular complexity index is 678. The predicted octanol–water partition coefficient (Wildman–Crippen LogP) is 4.54. The van der Waals surface area contributed by atoms with Crippen LogP contribution in [-0.2, 0) is 6.42 Å². The van der Waals surface area contributed by atoms with Gasteiger partial charge >= 0.3 is 0 Å². The van der Waals surface area contributed by atoms with Crippen LogP contribution < -0.4 is 4.74 Å². The molecule has 0 saturated carbocycles. The first-order valence-electron chi connectivity index (χ1n) is 7.48. The maximum atomic E-state index is 10.7. The van der Waals surface area contributed by atoms with Gasteiger partial charge in [-0.05, 0) is 29.7 Å². The van der Waals surface area contributed by atoms with Gasteiger partial charge in [0, 0.05) is 12.1 Å². The fourth-order valence-electron chi connectivity index (χ4n) is 2.00. The molecule has 120 valence electrons. The largest absolute Gasteiger partial charge is 0.497 e. The van der Waals surface area contributed by atoms with E-state index in [2.05, 4.69) is 19.7 Å². The zero-order valence-electron chi connectivity index (χ0n) is 13.5. The summed E-state index contributed by atoms with van der Waals surface area (Å²) in [6, 6.07) is 14.6. The van der Waals surface area contributed by atoms with E-state index in [1.54, 1.807) is 12.1 Å². The molecule has 0 bridgehead atoms. The van der Waals surface area contributed by atoms with Crippen molar-refractivity contribution in [3.63, 3.8) is 0 Å². The molecule has 2 rings (SSSR count). The molecule has 0 aliphatic carbocycles. The standard InChI is InChI=1S/C18H21NO3Si/c1-4-23(2,3)14-22-18-11-7-16(8-12-18)13-15-5-9-17(10-6-15)19(20)21/h4-12H,1,13-14H2,2-3H3. The summed E-state index contributed by atoms with van der Waals surface area (Å²) >= 11 is 0. The van der Waals surface area contributed by atoms with Gasteiger partial charge in [-0.25, -0.2) is 0 Å². The summed E-state index contributed by atoms with van der Waals surface area (Å²) < 4.78 is 5.82. The van der Waals surface area contributed by atoms with Gasteiger partial charge in [0.05, 0.1) is 11.2 Å². The Morgan fingerprint density at radius 1 is 1.09 bits per heavy atom. The van der Waals surface area contributed by atoms with E-state index in [4.69, 9.17) is 4.74 Å². The monoisotopic (exact) mass is 327 g/mol. The Morgan fingerprint density at radius 2 is 1.61 bits per heavy atom. The Labute approximate surface area is 137 Å². The number of hydrogen-bond acceptors (Lipinski definition) is 3. The minimum absolute atomic E-state index is 0.117. The van der Waals surface area contributed by atoms with Crippen LogP contribution in [0, 0.1) is 10.1 Å². The fraction of sp³-hybridized carbons (Fsp3) is 0.222. The number of nitrogens with zero attached hydrogens (tertiary/aromatic N) is 1. The molecule has 0 atom stereocenters. The van der Waals surface area contributed by atoms with Crippen molar-refractivity contribution < 1.29 is 9.66 Å². The molecule has 2 aromatic carbocycles. The quantitative estimate of drug-likeness (QED) is 0.426. The van der Waals surface area contributed by atoms with E-state index in [0.29, 0.717) is 0 Å². The minimum Gasteiger partial charge on any atom is -0.497 e. The van der Waals surface area contributed by atoms with Crippen molar-refractivity contribution in [3.8, 4) is 5.75 Å². The molecule has 23 heavy (non-hydrogen) atoms.